The number of fused-ring (bicyclic) bond motifs is 1. The number of amides is 1. The molecule has 6 heteroatoms. The Hall–Kier alpha value is -3.41. The monoisotopic (exact) mass is 403 g/mol. The third-order valence-electron chi connectivity index (χ3n) is 5.60. The highest BCUT2D eigenvalue weighted by molar-refractivity contribution is 5.97. The maximum absolute atomic E-state index is 12.7. The molecule has 0 bridgehead atoms. The maximum Gasteiger partial charge on any atom is 0.310 e. The number of esters is 1. The fraction of sp³-hybridized carbons (Fsp3) is 0.292. The summed E-state index contributed by atoms with van der Waals surface area (Å²) in [5, 5.41) is 4.56. The number of nitrogens with zero attached hydrogens (tertiary/aromatic N) is 3. The number of benzene rings is 2. The van der Waals surface area contributed by atoms with E-state index in [0.29, 0.717) is 0 Å². The Labute approximate surface area is 176 Å². The average molecular weight is 403 g/mol. The van der Waals surface area contributed by atoms with Gasteiger partial charge in [0.25, 0.3) is 5.91 Å². The second kappa shape index (κ2) is 8.14. The van der Waals surface area contributed by atoms with Crippen molar-refractivity contribution in [3.8, 4) is 5.69 Å². The molecule has 3 aromatic rings. The summed E-state index contributed by atoms with van der Waals surface area (Å²) in [5.41, 5.74) is 5.49. The molecule has 6 nitrogen and oxygen atoms in total. The fourth-order valence-corrected chi connectivity index (χ4v) is 4.10. The Bertz CT molecular complexity index is 1090. The van der Waals surface area contributed by atoms with Crippen molar-refractivity contribution < 1.29 is 14.3 Å². The van der Waals surface area contributed by atoms with Gasteiger partial charge in [-0.2, -0.15) is 5.10 Å². The molecule has 2 heterocycles. The lowest BCUT2D eigenvalue weighted by molar-refractivity contribution is -0.147. The molecule has 2 aromatic carbocycles. The molecule has 1 aromatic heterocycles. The van der Waals surface area contributed by atoms with Crippen LogP contribution in [0.15, 0.2) is 54.6 Å². The predicted molar refractivity (Wildman–Crippen MR) is 115 cm³/mol. The molecule has 0 saturated carbocycles. The van der Waals surface area contributed by atoms with Gasteiger partial charge in [0.1, 0.15) is 0 Å². The third kappa shape index (κ3) is 3.73. The summed E-state index contributed by atoms with van der Waals surface area (Å²) in [6, 6.07) is 17.7. The Kier molecular flexibility index (Phi) is 5.40. The van der Waals surface area contributed by atoms with Gasteiger partial charge in [-0.1, -0.05) is 36.4 Å². The third-order valence-corrected chi connectivity index (χ3v) is 5.60. The van der Waals surface area contributed by atoms with Crippen LogP contribution in [0.4, 0.5) is 5.69 Å². The largest absolute Gasteiger partial charge is 0.455 e. The van der Waals surface area contributed by atoms with Crippen LogP contribution in [-0.4, -0.2) is 34.3 Å². The first-order valence-corrected chi connectivity index (χ1v) is 10.1. The Morgan fingerprint density at radius 2 is 1.77 bits per heavy atom. The number of aromatic nitrogens is 2. The van der Waals surface area contributed by atoms with Gasteiger partial charge in [0.2, 0.25) is 0 Å². The molecule has 0 aliphatic carbocycles. The van der Waals surface area contributed by atoms with Crippen LogP contribution in [0, 0.1) is 13.8 Å². The van der Waals surface area contributed by atoms with Crippen molar-refractivity contribution in [1.82, 2.24) is 9.78 Å². The first-order valence-electron chi connectivity index (χ1n) is 10.1. The van der Waals surface area contributed by atoms with Crippen LogP contribution >= 0.6 is 0 Å². The van der Waals surface area contributed by atoms with Gasteiger partial charge in [-0.3, -0.25) is 9.59 Å². The van der Waals surface area contributed by atoms with Crippen molar-refractivity contribution in [1.29, 1.82) is 0 Å². The van der Waals surface area contributed by atoms with E-state index in [-0.39, 0.29) is 25.0 Å². The van der Waals surface area contributed by atoms with E-state index < -0.39 is 5.97 Å². The summed E-state index contributed by atoms with van der Waals surface area (Å²) < 4.78 is 7.17. The molecule has 1 aliphatic heterocycles. The molecule has 0 N–H and O–H groups in total. The molecule has 4 rings (SSSR count). The molecule has 0 saturated heterocycles. The number of aryl methyl sites for hydroxylation is 1. The first kappa shape index (κ1) is 19.9. The van der Waals surface area contributed by atoms with Crippen LogP contribution in [0.2, 0.25) is 0 Å². The van der Waals surface area contributed by atoms with Gasteiger partial charge in [-0.05, 0) is 51.0 Å². The van der Waals surface area contributed by atoms with Gasteiger partial charge in [0, 0.05) is 23.0 Å². The summed E-state index contributed by atoms with van der Waals surface area (Å²) in [4.78, 5) is 26.9. The normalized spacial score (nSPS) is 15.2. The lowest BCUT2D eigenvalue weighted by Crippen LogP contribution is -2.38. The van der Waals surface area contributed by atoms with Crippen molar-refractivity contribution in [2.75, 3.05) is 11.5 Å². The fourth-order valence-electron chi connectivity index (χ4n) is 4.10. The van der Waals surface area contributed by atoms with Crippen molar-refractivity contribution in [3.05, 3.63) is 77.1 Å². The van der Waals surface area contributed by atoms with E-state index in [9.17, 15) is 9.59 Å². The molecule has 0 fully saturated rings. The van der Waals surface area contributed by atoms with E-state index >= 15 is 0 Å². The van der Waals surface area contributed by atoms with Gasteiger partial charge < -0.3 is 9.64 Å². The highest BCUT2D eigenvalue weighted by atomic mass is 16.5. The van der Waals surface area contributed by atoms with E-state index in [4.69, 9.17) is 4.74 Å². The quantitative estimate of drug-likeness (QED) is 0.611. The zero-order valence-corrected chi connectivity index (χ0v) is 17.5. The average Bonchev–Trinajstić information content (AvgIpc) is 3.23. The second-order valence-corrected chi connectivity index (χ2v) is 7.68. The zero-order chi connectivity index (χ0) is 21.3. The molecule has 0 unspecified atom stereocenters. The van der Waals surface area contributed by atoms with Gasteiger partial charge in [0.15, 0.2) is 6.61 Å². The lowest BCUT2D eigenvalue weighted by Gasteiger charge is -2.22. The highest BCUT2D eigenvalue weighted by Gasteiger charge is 2.31. The van der Waals surface area contributed by atoms with E-state index in [1.54, 1.807) is 4.90 Å². The molecule has 0 spiro atoms. The number of rotatable bonds is 5. The van der Waals surface area contributed by atoms with E-state index in [1.807, 2.05) is 80.1 Å². The molecule has 30 heavy (non-hydrogen) atoms. The standard InChI is InChI=1S/C24H25N3O3/c1-16-13-19-9-7-8-12-22(19)26(16)23(28)15-30-24(29)14-21-17(2)25-27(18(21)3)20-10-5-4-6-11-20/h4-12,16H,13-15H2,1-3H3/t16-/m1/s1. The molecular formula is C24H25N3O3. The summed E-state index contributed by atoms with van der Waals surface area (Å²) in [5.74, 6) is -0.628. The van der Waals surface area contributed by atoms with Crippen molar-refractivity contribution in [2.24, 2.45) is 0 Å². The minimum Gasteiger partial charge on any atom is -0.455 e. The Morgan fingerprint density at radius 1 is 1.07 bits per heavy atom. The van der Waals surface area contributed by atoms with E-state index in [1.165, 1.54) is 0 Å². The number of ether oxygens (including phenoxy) is 1. The minimum absolute atomic E-state index is 0.0576. The Morgan fingerprint density at radius 3 is 2.53 bits per heavy atom. The SMILES string of the molecule is Cc1nn(-c2ccccc2)c(C)c1CC(=O)OCC(=O)N1c2ccccc2C[C@H]1C. The number of hydrogen-bond acceptors (Lipinski definition) is 4. The molecule has 1 aliphatic rings. The van der Waals surface area contributed by atoms with Crippen LogP contribution in [0.1, 0.15) is 29.4 Å². The second-order valence-electron chi connectivity index (χ2n) is 7.68. The van der Waals surface area contributed by atoms with Gasteiger partial charge in [-0.25, -0.2) is 4.68 Å². The lowest BCUT2D eigenvalue weighted by atomic mass is 10.1. The zero-order valence-electron chi connectivity index (χ0n) is 17.5. The van der Waals surface area contributed by atoms with Gasteiger partial charge in [0.05, 0.1) is 17.8 Å². The number of para-hydroxylation sites is 2. The molecule has 154 valence electrons. The van der Waals surface area contributed by atoms with Crippen molar-refractivity contribution in [2.45, 2.75) is 39.7 Å². The van der Waals surface area contributed by atoms with Crippen molar-refractivity contribution in [3.63, 3.8) is 0 Å². The summed E-state index contributed by atoms with van der Waals surface area (Å²) in [7, 11) is 0. The van der Waals surface area contributed by atoms with Crippen LogP contribution in [0.5, 0.6) is 0 Å². The Balaban J connectivity index is 1.41. The minimum atomic E-state index is -0.428. The van der Waals surface area contributed by atoms with Crippen molar-refractivity contribution >= 4 is 17.6 Å². The van der Waals surface area contributed by atoms with Crippen LogP contribution < -0.4 is 4.90 Å². The molecule has 1 amide bonds. The summed E-state index contributed by atoms with van der Waals surface area (Å²) >= 11 is 0. The van der Waals surface area contributed by atoms with Crippen LogP contribution in [0.3, 0.4) is 0 Å². The topological polar surface area (TPSA) is 64.4 Å². The van der Waals surface area contributed by atoms with Gasteiger partial charge in [-0.15, -0.1) is 0 Å². The predicted octanol–water partition coefficient (Wildman–Crippen LogP) is 3.55. The van der Waals surface area contributed by atoms with Gasteiger partial charge >= 0.3 is 5.97 Å². The van der Waals surface area contributed by atoms with E-state index in [0.717, 1.165) is 40.3 Å². The summed E-state index contributed by atoms with van der Waals surface area (Å²) in [6.07, 6.45) is 0.900. The first-order chi connectivity index (χ1) is 14.5. The maximum atomic E-state index is 12.7. The summed E-state index contributed by atoms with van der Waals surface area (Å²) in [6.45, 7) is 5.56. The number of hydrogen-bond donors (Lipinski definition) is 0. The number of carbonyl (C=O) groups excluding carboxylic acids is 2. The highest BCUT2D eigenvalue weighted by Crippen LogP contribution is 2.31. The number of anilines is 1. The smallest absolute Gasteiger partial charge is 0.310 e. The molecule has 0 radical (unpaired) electrons. The number of carbonyl (C=O) groups is 2. The van der Waals surface area contributed by atoms with E-state index in [2.05, 4.69) is 5.10 Å². The van der Waals surface area contributed by atoms with Crippen LogP contribution in [-0.2, 0) is 27.2 Å². The molecule has 1 atom stereocenters. The van der Waals surface area contributed by atoms with Crippen LogP contribution in [0.25, 0.3) is 5.69 Å². The molecular weight excluding hydrogens is 378 g/mol.